The van der Waals surface area contributed by atoms with Crippen LogP contribution >= 0.6 is 0 Å². The van der Waals surface area contributed by atoms with E-state index < -0.39 is 0 Å². The first-order valence-electron chi connectivity index (χ1n) is 3.85. The second-order valence-electron chi connectivity index (χ2n) is 3.79. The molecule has 10 heavy (non-hydrogen) atoms. The summed E-state index contributed by atoms with van der Waals surface area (Å²) >= 11 is 0. The first-order chi connectivity index (χ1) is 4.50. The van der Waals surface area contributed by atoms with Crippen LogP contribution in [0.25, 0.3) is 0 Å². The van der Waals surface area contributed by atoms with Gasteiger partial charge in [-0.2, -0.15) is 0 Å². The Hall–Kier alpha value is -0.330. The van der Waals surface area contributed by atoms with Gasteiger partial charge in [0.2, 0.25) is 0 Å². The monoisotopic (exact) mass is 141 g/mol. The van der Waals surface area contributed by atoms with Crippen molar-refractivity contribution >= 4 is 6.29 Å². The van der Waals surface area contributed by atoms with Crippen molar-refractivity contribution in [2.24, 2.45) is 11.3 Å². The van der Waals surface area contributed by atoms with Crippen LogP contribution in [0.4, 0.5) is 0 Å². The third-order valence-corrected chi connectivity index (χ3v) is 2.43. The molecule has 0 aromatic heterocycles. The van der Waals surface area contributed by atoms with Crippen molar-refractivity contribution in [3.05, 3.63) is 0 Å². The van der Waals surface area contributed by atoms with Gasteiger partial charge in [-0.3, -0.25) is 4.79 Å². The summed E-state index contributed by atoms with van der Waals surface area (Å²) in [6.07, 6.45) is 3.46. The Bertz CT molecular complexity index is 103. The minimum absolute atomic E-state index is 0.289. The zero-order valence-corrected chi connectivity index (χ0v) is 7.40. The highest BCUT2D eigenvalue weighted by Gasteiger charge is 2.21. The van der Waals surface area contributed by atoms with Crippen molar-refractivity contribution in [1.29, 1.82) is 0 Å². The Kier molecular flexibility index (Phi) is 3.62. The molecular formula is C9H17O. The summed E-state index contributed by atoms with van der Waals surface area (Å²) in [5, 5.41) is 0. The normalized spacial score (nSPS) is 12.1. The lowest BCUT2D eigenvalue weighted by atomic mass is 9.78. The van der Waals surface area contributed by atoms with E-state index in [1.807, 2.05) is 6.29 Å². The molecule has 59 valence electrons. The van der Waals surface area contributed by atoms with E-state index in [9.17, 15) is 4.79 Å². The molecule has 0 aliphatic carbocycles. The van der Waals surface area contributed by atoms with Crippen LogP contribution in [0.2, 0.25) is 0 Å². The number of hydrogen-bond donors (Lipinski definition) is 0. The van der Waals surface area contributed by atoms with Crippen molar-refractivity contribution in [2.75, 3.05) is 0 Å². The van der Waals surface area contributed by atoms with Crippen LogP contribution in [0, 0.1) is 11.3 Å². The number of carbonyl (C=O) groups excluding carboxylic acids is 1. The van der Waals surface area contributed by atoms with Gasteiger partial charge >= 0.3 is 0 Å². The molecule has 0 atom stereocenters. The minimum atomic E-state index is 0.289. The molecule has 0 aromatic carbocycles. The summed E-state index contributed by atoms with van der Waals surface area (Å²) < 4.78 is 0. The standard InChI is InChI=1S/C9H17O/c1-8(2)9(3,4)6-5-7-10/h8H,5-6H2,1-4H3. The Labute approximate surface area is 63.8 Å². The molecule has 0 unspecified atom stereocenters. The van der Waals surface area contributed by atoms with E-state index in [0.29, 0.717) is 12.3 Å². The maximum Gasteiger partial charge on any atom is 0.198 e. The second-order valence-corrected chi connectivity index (χ2v) is 3.79. The molecule has 0 aliphatic rings. The molecule has 0 aromatic rings. The number of hydrogen-bond acceptors (Lipinski definition) is 1. The van der Waals surface area contributed by atoms with Gasteiger partial charge in [0.1, 0.15) is 0 Å². The first kappa shape index (κ1) is 9.67. The lowest BCUT2D eigenvalue weighted by Crippen LogP contribution is -2.18. The zero-order chi connectivity index (χ0) is 8.20. The summed E-state index contributed by atoms with van der Waals surface area (Å²) in [4.78, 5) is 9.95. The summed E-state index contributed by atoms with van der Waals surface area (Å²) in [5.41, 5.74) is 0.289. The fraction of sp³-hybridized carbons (Fsp3) is 0.889. The van der Waals surface area contributed by atoms with Gasteiger partial charge in [0, 0.05) is 6.42 Å². The van der Waals surface area contributed by atoms with Crippen LogP contribution in [-0.4, -0.2) is 6.29 Å². The van der Waals surface area contributed by atoms with Crippen LogP contribution in [0.1, 0.15) is 40.5 Å². The zero-order valence-electron chi connectivity index (χ0n) is 7.40. The molecule has 0 saturated heterocycles. The molecule has 0 saturated carbocycles. The maximum atomic E-state index is 9.95. The number of rotatable bonds is 4. The molecule has 1 nitrogen and oxygen atoms in total. The molecule has 0 aliphatic heterocycles. The average molecular weight is 141 g/mol. The van der Waals surface area contributed by atoms with E-state index in [2.05, 4.69) is 27.7 Å². The molecule has 0 spiro atoms. The highest BCUT2D eigenvalue weighted by molar-refractivity contribution is 5.50. The van der Waals surface area contributed by atoms with Crippen LogP contribution in [0.3, 0.4) is 0 Å². The molecular weight excluding hydrogens is 124 g/mol. The van der Waals surface area contributed by atoms with Gasteiger partial charge in [0.05, 0.1) is 0 Å². The van der Waals surface area contributed by atoms with Gasteiger partial charge in [-0.25, -0.2) is 0 Å². The van der Waals surface area contributed by atoms with Gasteiger partial charge in [0.15, 0.2) is 6.29 Å². The predicted octanol–water partition coefficient (Wildman–Crippen LogP) is 2.56. The van der Waals surface area contributed by atoms with Crippen molar-refractivity contribution in [3.63, 3.8) is 0 Å². The smallest absolute Gasteiger partial charge is 0.198 e. The van der Waals surface area contributed by atoms with E-state index in [1.165, 1.54) is 0 Å². The summed E-state index contributed by atoms with van der Waals surface area (Å²) in [7, 11) is 0. The van der Waals surface area contributed by atoms with Gasteiger partial charge < -0.3 is 0 Å². The molecule has 1 radical (unpaired) electrons. The Balaban J connectivity index is 3.74. The predicted molar refractivity (Wildman–Crippen MR) is 43.5 cm³/mol. The fourth-order valence-electron chi connectivity index (χ4n) is 0.662. The van der Waals surface area contributed by atoms with Crippen molar-refractivity contribution in [1.82, 2.24) is 0 Å². The maximum absolute atomic E-state index is 9.95. The first-order valence-corrected chi connectivity index (χ1v) is 3.85. The minimum Gasteiger partial charge on any atom is -0.291 e. The highest BCUT2D eigenvalue weighted by atomic mass is 16.1. The lowest BCUT2D eigenvalue weighted by molar-refractivity contribution is 0.233. The summed E-state index contributed by atoms with van der Waals surface area (Å²) in [6.45, 7) is 8.75. The Morgan fingerprint density at radius 3 is 2.20 bits per heavy atom. The topological polar surface area (TPSA) is 17.1 Å². The second kappa shape index (κ2) is 3.75. The van der Waals surface area contributed by atoms with E-state index in [1.54, 1.807) is 0 Å². The summed E-state index contributed by atoms with van der Waals surface area (Å²) in [6, 6.07) is 0. The fourth-order valence-corrected chi connectivity index (χ4v) is 0.662. The third-order valence-electron chi connectivity index (χ3n) is 2.43. The van der Waals surface area contributed by atoms with Gasteiger partial charge in [0.25, 0.3) is 0 Å². The van der Waals surface area contributed by atoms with Gasteiger partial charge in [-0.05, 0) is 17.8 Å². The molecule has 0 amide bonds. The van der Waals surface area contributed by atoms with Crippen molar-refractivity contribution < 1.29 is 4.79 Å². The Morgan fingerprint density at radius 1 is 1.40 bits per heavy atom. The summed E-state index contributed by atoms with van der Waals surface area (Å²) in [5.74, 6) is 0.640. The molecule has 0 fully saturated rings. The van der Waals surface area contributed by atoms with Crippen LogP contribution in [0.5, 0.6) is 0 Å². The highest BCUT2D eigenvalue weighted by Crippen LogP contribution is 2.30. The molecule has 0 heterocycles. The van der Waals surface area contributed by atoms with E-state index >= 15 is 0 Å². The largest absolute Gasteiger partial charge is 0.291 e. The Morgan fingerprint density at radius 2 is 1.90 bits per heavy atom. The van der Waals surface area contributed by atoms with Crippen molar-refractivity contribution in [2.45, 2.75) is 40.5 Å². The average Bonchev–Trinajstić information content (AvgIpc) is 1.84. The van der Waals surface area contributed by atoms with Gasteiger partial charge in [-0.1, -0.05) is 27.7 Å². The lowest BCUT2D eigenvalue weighted by Gasteiger charge is -2.28. The third kappa shape index (κ3) is 3.00. The van der Waals surface area contributed by atoms with Gasteiger partial charge in [-0.15, -0.1) is 0 Å². The van der Waals surface area contributed by atoms with Crippen molar-refractivity contribution in [3.8, 4) is 0 Å². The quantitative estimate of drug-likeness (QED) is 0.588. The molecule has 0 bridgehead atoms. The van der Waals surface area contributed by atoms with Crippen LogP contribution < -0.4 is 0 Å². The molecule has 0 N–H and O–H groups in total. The SMILES string of the molecule is CC(C)C(C)(C)CC[C]=O. The molecule has 1 heteroatoms. The van der Waals surface area contributed by atoms with E-state index in [0.717, 1.165) is 6.42 Å². The van der Waals surface area contributed by atoms with Crippen LogP contribution in [0.15, 0.2) is 0 Å². The van der Waals surface area contributed by atoms with E-state index in [-0.39, 0.29) is 5.41 Å². The van der Waals surface area contributed by atoms with Crippen LogP contribution in [-0.2, 0) is 4.79 Å². The van der Waals surface area contributed by atoms with E-state index in [4.69, 9.17) is 0 Å². The molecule has 0 rings (SSSR count).